The van der Waals surface area contributed by atoms with E-state index in [1.807, 2.05) is 6.07 Å². The predicted octanol–water partition coefficient (Wildman–Crippen LogP) is 0.463. The van der Waals surface area contributed by atoms with E-state index >= 15 is 0 Å². The summed E-state index contributed by atoms with van der Waals surface area (Å²) in [5.74, 6) is 0.800. The van der Waals surface area contributed by atoms with Crippen LogP contribution in [0.1, 0.15) is 5.56 Å². The summed E-state index contributed by atoms with van der Waals surface area (Å²) in [4.78, 5) is 6.37. The van der Waals surface area contributed by atoms with Crippen molar-refractivity contribution in [3.05, 3.63) is 23.9 Å². The van der Waals surface area contributed by atoms with Crippen LogP contribution in [-0.4, -0.2) is 46.0 Å². The molecule has 0 amide bonds. The molecule has 0 N–H and O–H groups in total. The topological polar surface area (TPSA) is 59.5 Å². The number of ether oxygens (including phenoxy) is 1. The molecule has 1 aromatic heterocycles. The lowest BCUT2D eigenvalue weighted by Crippen LogP contribution is -2.37. The smallest absolute Gasteiger partial charge is 0.151 e. The molecule has 0 saturated carbocycles. The molecule has 94 valence electrons. The van der Waals surface area contributed by atoms with Crippen molar-refractivity contribution in [2.45, 2.75) is 5.75 Å². The van der Waals surface area contributed by atoms with E-state index < -0.39 is 9.84 Å². The van der Waals surface area contributed by atoms with Crippen LogP contribution in [0.15, 0.2) is 18.3 Å². The minimum Gasteiger partial charge on any atom is -0.378 e. The van der Waals surface area contributed by atoms with Crippen LogP contribution >= 0.6 is 0 Å². The third-order valence-corrected chi connectivity index (χ3v) is 3.43. The highest BCUT2D eigenvalue weighted by molar-refractivity contribution is 7.89. The Morgan fingerprint density at radius 3 is 2.76 bits per heavy atom. The summed E-state index contributed by atoms with van der Waals surface area (Å²) in [6.07, 6.45) is 2.93. The quantitative estimate of drug-likeness (QED) is 0.786. The molecule has 2 heterocycles. The van der Waals surface area contributed by atoms with Crippen molar-refractivity contribution < 1.29 is 13.2 Å². The Morgan fingerprint density at radius 2 is 2.12 bits per heavy atom. The first-order valence-electron chi connectivity index (χ1n) is 5.50. The number of nitrogens with zero attached hydrogens (tertiary/aromatic N) is 2. The van der Waals surface area contributed by atoms with Crippen molar-refractivity contribution in [1.82, 2.24) is 4.98 Å². The minimum absolute atomic E-state index is 0.0352. The Hall–Kier alpha value is -1.14. The lowest BCUT2D eigenvalue weighted by atomic mass is 10.2. The fraction of sp³-hybridized carbons (Fsp3) is 0.545. The molecule has 1 aliphatic rings. The van der Waals surface area contributed by atoms with Crippen molar-refractivity contribution in [2.75, 3.05) is 37.5 Å². The molecule has 5 nitrogen and oxygen atoms in total. The van der Waals surface area contributed by atoms with Gasteiger partial charge in [-0.2, -0.15) is 0 Å². The van der Waals surface area contributed by atoms with Gasteiger partial charge < -0.3 is 9.64 Å². The molecular formula is C11H16N2O3S. The normalized spacial score (nSPS) is 17.1. The van der Waals surface area contributed by atoms with Gasteiger partial charge in [-0.1, -0.05) is 6.07 Å². The van der Waals surface area contributed by atoms with Gasteiger partial charge in [-0.15, -0.1) is 0 Å². The third-order valence-electron chi connectivity index (χ3n) is 2.60. The minimum atomic E-state index is -3.04. The molecule has 0 radical (unpaired) electrons. The predicted molar refractivity (Wildman–Crippen MR) is 65.8 cm³/mol. The summed E-state index contributed by atoms with van der Waals surface area (Å²) in [5, 5.41) is 0. The molecule has 0 bridgehead atoms. The van der Waals surface area contributed by atoms with Crippen LogP contribution in [0.4, 0.5) is 5.82 Å². The maximum absolute atomic E-state index is 11.4. The van der Waals surface area contributed by atoms with Gasteiger partial charge in [0.05, 0.1) is 19.0 Å². The Kier molecular flexibility index (Phi) is 3.63. The molecule has 6 heteroatoms. The van der Waals surface area contributed by atoms with Gasteiger partial charge in [0, 0.05) is 31.1 Å². The lowest BCUT2D eigenvalue weighted by molar-refractivity contribution is 0.122. The molecule has 1 aliphatic heterocycles. The number of hydrogen-bond donors (Lipinski definition) is 0. The van der Waals surface area contributed by atoms with Gasteiger partial charge in [0.25, 0.3) is 0 Å². The first-order valence-corrected chi connectivity index (χ1v) is 7.56. The van der Waals surface area contributed by atoms with E-state index in [9.17, 15) is 8.42 Å². The Labute approximate surface area is 101 Å². The molecule has 0 spiro atoms. The van der Waals surface area contributed by atoms with Crippen LogP contribution in [0.3, 0.4) is 0 Å². The number of aromatic nitrogens is 1. The van der Waals surface area contributed by atoms with Crippen molar-refractivity contribution in [3.63, 3.8) is 0 Å². The molecule has 1 aromatic rings. The highest BCUT2D eigenvalue weighted by atomic mass is 32.2. The van der Waals surface area contributed by atoms with Crippen LogP contribution in [0.2, 0.25) is 0 Å². The highest BCUT2D eigenvalue weighted by Crippen LogP contribution is 2.20. The van der Waals surface area contributed by atoms with Crippen molar-refractivity contribution >= 4 is 15.7 Å². The number of anilines is 1. The van der Waals surface area contributed by atoms with Gasteiger partial charge in [-0.05, 0) is 6.07 Å². The van der Waals surface area contributed by atoms with E-state index in [1.54, 1.807) is 12.3 Å². The van der Waals surface area contributed by atoms with E-state index in [0.717, 1.165) is 24.5 Å². The van der Waals surface area contributed by atoms with Crippen LogP contribution in [-0.2, 0) is 20.3 Å². The maximum atomic E-state index is 11.4. The van der Waals surface area contributed by atoms with Gasteiger partial charge in [0.15, 0.2) is 9.84 Å². The van der Waals surface area contributed by atoms with Gasteiger partial charge in [-0.25, -0.2) is 13.4 Å². The third kappa shape index (κ3) is 3.41. The fourth-order valence-electron chi connectivity index (χ4n) is 1.89. The van der Waals surface area contributed by atoms with Crippen molar-refractivity contribution in [3.8, 4) is 0 Å². The zero-order valence-corrected chi connectivity index (χ0v) is 10.6. The van der Waals surface area contributed by atoms with Gasteiger partial charge in [0.1, 0.15) is 5.82 Å². The zero-order chi connectivity index (χ0) is 12.3. The van der Waals surface area contributed by atoms with E-state index in [4.69, 9.17) is 4.74 Å². The SMILES string of the molecule is CS(=O)(=O)Cc1cccnc1N1CCOCC1. The molecule has 1 saturated heterocycles. The maximum Gasteiger partial charge on any atom is 0.151 e. The number of rotatable bonds is 3. The van der Waals surface area contributed by atoms with Crippen molar-refractivity contribution in [1.29, 1.82) is 0 Å². The second-order valence-electron chi connectivity index (χ2n) is 4.16. The summed E-state index contributed by atoms with van der Waals surface area (Å²) in [5.41, 5.74) is 0.761. The first kappa shape index (κ1) is 12.3. The van der Waals surface area contributed by atoms with Gasteiger partial charge >= 0.3 is 0 Å². The second-order valence-corrected chi connectivity index (χ2v) is 6.30. The summed E-state index contributed by atoms with van der Waals surface area (Å²) < 4.78 is 28.0. The Bertz CT molecular complexity index is 481. The van der Waals surface area contributed by atoms with Gasteiger partial charge in [-0.3, -0.25) is 0 Å². The molecule has 0 atom stereocenters. The molecule has 2 rings (SSSR count). The molecule has 0 unspecified atom stereocenters. The fourth-order valence-corrected chi connectivity index (χ4v) is 2.68. The summed E-state index contributed by atoms with van der Waals surface area (Å²) in [6.45, 7) is 2.84. The van der Waals surface area contributed by atoms with Crippen LogP contribution in [0.5, 0.6) is 0 Å². The number of hydrogen-bond acceptors (Lipinski definition) is 5. The molecule has 1 fully saturated rings. The van der Waals surface area contributed by atoms with E-state index in [1.165, 1.54) is 6.26 Å². The standard InChI is InChI=1S/C11H16N2O3S/c1-17(14,15)9-10-3-2-4-12-11(10)13-5-7-16-8-6-13/h2-4H,5-9H2,1H3. The van der Waals surface area contributed by atoms with E-state index in [0.29, 0.717) is 13.2 Å². The van der Waals surface area contributed by atoms with Crippen LogP contribution in [0.25, 0.3) is 0 Å². The van der Waals surface area contributed by atoms with E-state index in [2.05, 4.69) is 9.88 Å². The highest BCUT2D eigenvalue weighted by Gasteiger charge is 2.17. The van der Waals surface area contributed by atoms with Crippen LogP contribution < -0.4 is 4.90 Å². The number of pyridine rings is 1. The summed E-state index contributed by atoms with van der Waals surface area (Å²) in [6, 6.07) is 3.59. The zero-order valence-electron chi connectivity index (χ0n) is 9.80. The van der Waals surface area contributed by atoms with E-state index in [-0.39, 0.29) is 5.75 Å². The summed E-state index contributed by atoms with van der Waals surface area (Å²) in [7, 11) is -3.04. The Balaban J connectivity index is 2.26. The molecular weight excluding hydrogens is 240 g/mol. The van der Waals surface area contributed by atoms with Gasteiger partial charge in [0.2, 0.25) is 0 Å². The van der Waals surface area contributed by atoms with Crippen LogP contribution in [0, 0.1) is 0 Å². The summed E-state index contributed by atoms with van der Waals surface area (Å²) >= 11 is 0. The Morgan fingerprint density at radius 1 is 1.41 bits per heavy atom. The number of morpholine rings is 1. The van der Waals surface area contributed by atoms with Crippen molar-refractivity contribution in [2.24, 2.45) is 0 Å². The average molecular weight is 256 g/mol. The lowest BCUT2D eigenvalue weighted by Gasteiger charge is -2.29. The monoisotopic (exact) mass is 256 g/mol. The molecule has 17 heavy (non-hydrogen) atoms. The first-order chi connectivity index (χ1) is 8.06. The molecule has 0 aromatic carbocycles. The number of sulfone groups is 1. The molecule has 0 aliphatic carbocycles. The second kappa shape index (κ2) is 5.01. The average Bonchev–Trinajstić information content (AvgIpc) is 2.29. The largest absolute Gasteiger partial charge is 0.378 e.